The first-order chi connectivity index (χ1) is 15.9. The lowest BCUT2D eigenvalue weighted by atomic mass is 9.97. The standard InChI is InChI=1S/C25H26F3N3O3/c1-16(2)13-21(24(34)31(3)15-29)30-23(25(26,27)28)19-10-8-18(9-11-19)20-6-4-5-17(14-20)7-12-22(32)33/h4-12,14,16,21,23,30H,13H2,1-3H3,(H,32,33). The number of carboxylic acids is 1. The summed E-state index contributed by atoms with van der Waals surface area (Å²) in [6, 6.07) is 9.39. The van der Waals surface area contributed by atoms with Gasteiger partial charge in [0.2, 0.25) is 0 Å². The third-order valence-corrected chi connectivity index (χ3v) is 5.06. The first-order valence-electron chi connectivity index (χ1n) is 10.5. The van der Waals surface area contributed by atoms with Crippen molar-refractivity contribution in [1.82, 2.24) is 10.2 Å². The topological polar surface area (TPSA) is 93.4 Å². The molecule has 6 nitrogen and oxygen atoms in total. The van der Waals surface area contributed by atoms with E-state index in [4.69, 9.17) is 10.4 Å². The number of hydrogen-bond acceptors (Lipinski definition) is 4. The summed E-state index contributed by atoms with van der Waals surface area (Å²) in [7, 11) is 1.22. The number of benzene rings is 2. The molecule has 2 aromatic rings. The van der Waals surface area contributed by atoms with Gasteiger partial charge in [0, 0.05) is 13.1 Å². The number of alkyl halides is 3. The molecule has 0 aliphatic heterocycles. The van der Waals surface area contributed by atoms with E-state index in [0.717, 1.165) is 11.0 Å². The number of nitrogens with one attached hydrogen (secondary N) is 1. The minimum atomic E-state index is -4.68. The summed E-state index contributed by atoms with van der Waals surface area (Å²) in [5.74, 6) is -1.89. The van der Waals surface area contributed by atoms with Crippen LogP contribution in [-0.4, -0.2) is 41.1 Å². The van der Waals surface area contributed by atoms with E-state index in [2.05, 4.69) is 5.32 Å². The zero-order valence-electron chi connectivity index (χ0n) is 19.0. The van der Waals surface area contributed by atoms with E-state index in [1.807, 2.05) is 0 Å². The lowest BCUT2D eigenvalue weighted by molar-refractivity contribution is -0.162. The van der Waals surface area contributed by atoms with Gasteiger partial charge in [0.15, 0.2) is 6.19 Å². The van der Waals surface area contributed by atoms with Crippen LogP contribution in [0.4, 0.5) is 13.2 Å². The highest BCUT2D eigenvalue weighted by Gasteiger charge is 2.43. The predicted molar refractivity (Wildman–Crippen MR) is 122 cm³/mol. The van der Waals surface area contributed by atoms with Gasteiger partial charge in [-0.05, 0) is 46.7 Å². The quantitative estimate of drug-likeness (QED) is 0.304. The van der Waals surface area contributed by atoms with Gasteiger partial charge in [0.1, 0.15) is 6.04 Å². The lowest BCUT2D eigenvalue weighted by Gasteiger charge is -2.29. The molecule has 34 heavy (non-hydrogen) atoms. The molecule has 2 atom stereocenters. The van der Waals surface area contributed by atoms with E-state index in [1.54, 1.807) is 44.3 Å². The van der Waals surface area contributed by atoms with Crippen LogP contribution in [0.15, 0.2) is 54.6 Å². The first-order valence-corrected chi connectivity index (χ1v) is 10.5. The highest BCUT2D eigenvalue weighted by molar-refractivity contribution is 5.85. The molecule has 2 rings (SSSR count). The normalized spacial score (nSPS) is 13.5. The number of aliphatic carboxylic acids is 1. The number of nitrogens with zero attached hydrogens (tertiary/aromatic N) is 2. The van der Waals surface area contributed by atoms with Gasteiger partial charge >= 0.3 is 12.1 Å². The average Bonchev–Trinajstić information content (AvgIpc) is 2.78. The van der Waals surface area contributed by atoms with Crippen LogP contribution in [-0.2, 0) is 9.59 Å². The monoisotopic (exact) mass is 473 g/mol. The fraction of sp³-hybridized carbons (Fsp3) is 0.320. The minimum Gasteiger partial charge on any atom is -0.478 e. The SMILES string of the molecule is CC(C)CC(NC(c1ccc(-c2cccc(C=CC(=O)O)c2)cc1)C(F)(F)F)C(=O)N(C)C#N. The zero-order valence-corrected chi connectivity index (χ0v) is 19.0. The van der Waals surface area contributed by atoms with E-state index >= 15 is 0 Å². The van der Waals surface area contributed by atoms with Gasteiger partial charge in [-0.15, -0.1) is 0 Å². The van der Waals surface area contributed by atoms with Crippen molar-refractivity contribution >= 4 is 18.0 Å². The molecule has 0 fully saturated rings. The molecular formula is C25H26F3N3O3. The van der Waals surface area contributed by atoms with Gasteiger partial charge < -0.3 is 5.11 Å². The van der Waals surface area contributed by atoms with Gasteiger partial charge in [-0.2, -0.15) is 18.4 Å². The summed E-state index contributed by atoms with van der Waals surface area (Å²) >= 11 is 0. The highest BCUT2D eigenvalue weighted by atomic mass is 19.4. The Kier molecular flexibility index (Phi) is 8.98. The number of nitriles is 1. The van der Waals surface area contributed by atoms with Gasteiger partial charge in [-0.1, -0.05) is 56.3 Å². The number of rotatable bonds is 9. The second-order valence-electron chi connectivity index (χ2n) is 8.24. The van der Waals surface area contributed by atoms with Crippen LogP contribution in [0.1, 0.15) is 37.4 Å². The summed E-state index contributed by atoms with van der Waals surface area (Å²) in [4.78, 5) is 23.9. The number of carbonyl (C=O) groups excluding carboxylic acids is 1. The van der Waals surface area contributed by atoms with Crippen LogP contribution in [0.25, 0.3) is 17.2 Å². The predicted octanol–water partition coefficient (Wildman–Crippen LogP) is 5.00. The fourth-order valence-electron chi connectivity index (χ4n) is 3.43. The van der Waals surface area contributed by atoms with Crippen molar-refractivity contribution in [2.45, 2.75) is 38.5 Å². The molecule has 0 radical (unpaired) electrons. The summed E-state index contributed by atoms with van der Waals surface area (Å²) < 4.78 is 41.9. The largest absolute Gasteiger partial charge is 0.478 e. The molecule has 9 heteroatoms. The molecule has 0 heterocycles. The maximum Gasteiger partial charge on any atom is 0.407 e. The molecule has 0 bridgehead atoms. The summed E-state index contributed by atoms with van der Waals surface area (Å²) in [6.45, 7) is 3.57. The van der Waals surface area contributed by atoms with Gasteiger partial charge in [-0.25, -0.2) is 4.79 Å². The molecule has 180 valence electrons. The second kappa shape index (κ2) is 11.5. The minimum absolute atomic E-state index is 0.0701. The molecule has 0 saturated heterocycles. The number of hydrogen-bond donors (Lipinski definition) is 2. The van der Waals surface area contributed by atoms with Crippen molar-refractivity contribution in [3.05, 3.63) is 65.7 Å². The van der Waals surface area contributed by atoms with Crippen molar-refractivity contribution in [2.75, 3.05) is 7.05 Å². The molecule has 0 saturated carbocycles. The van der Waals surface area contributed by atoms with Gasteiger partial charge in [0.25, 0.3) is 5.91 Å². The van der Waals surface area contributed by atoms with Crippen LogP contribution >= 0.6 is 0 Å². The third-order valence-electron chi connectivity index (χ3n) is 5.06. The Morgan fingerprint density at radius 1 is 1.15 bits per heavy atom. The number of likely N-dealkylation sites (N-methyl/N-ethyl adjacent to an activating group) is 1. The van der Waals surface area contributed by atoms with E-state index in [0.29, 0.717) is 16.7 Å². The molecule has 2 unspecified atom stereocenters. The Morgan fingerprint density at radius 2 is 1.79 bits per heavy atom. The summed E-state index contributed by atoms with van der Waals surface area (Å²) in [6.07, 6.45) is -0.480. The van der Waals surface area contributed by atoms with E-state index in [9.17, 15) is 22.8 Å². The highest BCUT2D eigenvalue weighted by Crippen LogP contribution is 2.35. The molecule has 2 aromatic carbocycles. The number of carboxylic acid groups (broad SMARTS) is 1. The van der Waals surface area contributed by atoms with Gasteiger partial charge in [-0.3, -0.25) is 15.0 Å². The third kappa shape index (κ3) is 7.46. The van der Waals surface area contributed by atoms with Crippen molar-refractivity contribution in [1.29, 1.82) is 5.26 Å². The van der Waals surface area contributed by atoms with Crippen LogP contribution in [0.2, 0.25) is 0 Å². The summed E-state index contributed by atoms with van der Waals surface area (Å²) in [5.41, 5.74) is 1.92. The van der Waals surface area contributed by atoms with Crippen LogP contribution in [0, 0.1) is 17.4 Å². The molecule has 0 aliphatic carbocycles. The molecule has 0 spiro atoms. The van der Waals surface area contributed by atoms with Crippen molar-refractivity contribution in [2.24, 2.45) is 5.92 Å². The lowest BCUT2D eigenvalue weighted by Crippen LogP contribution is -2.49. The smallest absolute Gasteiger partial charge is 0.407 e. The Labute approximate surface area is 196 Å². The van der Waals surface area contributed by atoms with E-state index in [-0.39, 0.29) is 17.9 Å². The molecule has 0 aromatic heterocycles. The number of amides is 1. The zero-order chi connectivity index (χ0) is 25.5. The Hall–Kier alpha value is -3.64. The fourth-order valence-corrected chi connectivity index (χ4v) is 3.43. The maximum atomic E-state index is 14.0. The summed E-state index contributed by atoms with van der Waals surface area (Å²) in [5, 5.41) is 20.2. The Bertz CT molecular complexity index is 1070. The number of halogens is 3. The Balaban J connectivity index is 2.35. The van der Waals surface area contributed by atoms with Crippen LogP contribution in [0.5, 0.6) is 0 Å². The Morgan fingerprint density at radius 3 is 2.32 bits per heavy atom. The van der Waals surface area contributed by atoms with Crippen molar-refractivity contribution in [3.8, 4) is 17.3 Å². The van der Waals surface area contributed by atoms with Crippen LogP contribution in [0.3, 0.4) is 0 Å². The second-order valence-corrected chi connectivity index (χ2v) is 8.24. The van der Waals surface area contributed by atoms with E-state index < -0.39 is 30.1 Å². The molecule has 1 amide bonds. The van der Waals surface area contributed by atoms with Gasteiger partial charge in [0.05, 0.1) is 6.04 Å². The molecular weight excluding hydrogens is 447 g/mol. The van der Waals surface area contributed by atoms with Crippen LogP contribution < -0.4 is 5.32 Å². The molecule has 2 N–H and O–H groups in total. The molecule has 0 aliphatic rings. The van der Waals surface area contributed by atoms with E-state index in [1.165, 1.54) is 37.4 Å². The number of carbonyl (C=O) groups is 2. The maximum absolute atomic E-state index is 14.0. The average molecular weight is 473 g/mol. The first kappa shape index (κ1) is 26.6. The van der Waals surface area contributed by atoms with Crippen molar-refractivity contribution < 1.29 is 27.9 Å². The van der Waals surface area contributed by atoms with Crippen molar-refractivity contribution in [3.63, 3.8) is 0 Å².